The Morgan fingerprint density at radius 1 is 1.58 bits per heavy atom. The number of hydrogen-bond acceptors (Lipinski definition) is 2. The fourth-order valence-electron chi connectivity index (χ4n) is 2.77. The van der Waals surface area contributed by atoms with E-state index in [9.17, 15) is 9.90 Å². The number of Topliss-reactive ketones (excluding diaryl/α,β-unsaturated/α-hetero) is 1. The summed E-state index contributed by atoms with van der Waals surface area (Å²) in [5.74, 6) is 0.332. The van der Waals surface area contributed by atoms with Gasteiger partial charge in [-0.25, -0.2) is 0 Å². The van der Waals surface area contributed by atoms with Crippen molar-refractivity contribution in [3.05, 3.63) is 12.2 Å². The van der Waals surface area contributed by atoms with Crippen molar-refractivity contribution in [1.29, 1.82) is 0 Å². The van der Waals surface area contributed by atoms with Crippen molar-refractivity contribution in [3.8, 4) is 0 Å². The molecule has 3 unspecified atom stereocenters. The molecule has 3 aliphatic carbocycles. The number of fused-ring (bicyclic) bond motifs is 2. The van der Waals surface area contributed by atoms with Gasteiger partial charge in [0.25, 0.3) is 0 Å². The smallest absolute Gasteiger partial charge is 0.159 e. The van der Waals surface area contributed by atoms with Gasteiger partial charge < -0.3 is 5.11 Å². The molecule has 0 aromatic rings. The predicted molar refractivity (Wildman–Crippen MR) is 45.5 cm³/mol. The van der Waals surface area contributed by atoms with Gasteiger partial charge in [-0.05, 0) is 16.9 Å². The summed E-state index contributed by atoms with van der Waals surface area (Å²) in [6.07, 6.45) is 0.175. The molecule has 1 N–H and O–H groups in total. The Balaban J connectivity index is 2.35. The average molecular weight is 166 g/mol. The number of ketones is 1. The molecule has 0 aromatic carbocycles. The van der Waals surface area contributed by atoms with E-state index in [4.69, 9.17) is 0 Å². The summed E-state index contributed by atoms with van der Waals surface area (Å²) in [5.41, 5.74) is 0.722. The van der Waals surface area contributed by atoms with Crippen molar-refractivity contribution in [1.82, 2.24) is 0 Å². The van der Waals surface area contributed by atoms with Crippen molar-refractivity contribution in [2.24, 2.45) is 17.3 Å². The molecule has 3 aliphatic rings. The quantitative estimate of drug-likeness (QED) is 0.548. The van der Waals surface area contributed by atoms with Crippen molar-refractivity contribution in [3.63, 3.8) is 0 Å². The summed E-state index contributed by atoms with van der Waals surface area (Å²) < 4.78 is 0. The Labute approximate surface area is 72.3 Å². The number of aliphatic hydroxyl groups excluding tert-OH is 1. The zero-order valence-corrected chi connectivity index (χ0v) is 7.50. The van der Waals surface area contributed by atoms with E-state index in [1.807, 2.05) is 0 Å². The molecule has 0 amide bonds. The predicted octanol–water partition coefficient (Wildman–Crippen LogP) is 1.15. The van der Waals surface area contributed by atoms with Crippen molar-refractivity contribution < 1.29 is 9.90 Å². The third kappa shape index (κ3) is 0.667. The first kappa shape index (κ1) is 7.99. The molecule has 0 aliphatic heterocycles. The lowest BCUT2D eigenvalue weighted by molar-refractivity contribution is -0.169. The van der Waals surface area contributed by atoms with Crippen LogP contribution in [-0.2, 0) is 4.79 Å². The molecule has 0 spiro atoms. The van der Waals surface area contributed by atoms with Gasteiger partial charge in [-0.1, -0.05) is 20.4 Å². The van der Waals surface area contributed by atoms with Gasteiger partial charge in [0, 0.05) is 12.3 Å². The van der Waals surface area contributed by atoms with Gasteiger partial charge in [-0.3, -0.25) is 4.79 Å². The Hall–Kier alpha value is -0.630. The van der Waals surface area contributed by atoms with Crippen LogP contribution in [0.2, 0.25) is 0 Å². The molecule has 2 heteroatoms. The SMILES string of the molecule is C=C1C(=O)CC2C(O)C1C2(C)C. The molecule has 12 heavy (non-hydrogen) atoms. The molecule has 2 nitrogen and oxygen atoms in total. The van der Waals surface area contributed by atoms with Crippen LogP contribution in [-0.4, -0.2) is 17.0 Å². The first-order chi connectivity index (χ1) is 5.46. The summed E-state index contributed by atoms with van der Waals surface area (Å²) in [6.45, 7) is 7.96. The molecule has 2 bridgehead atoms. The van der Waals surface area contributed by atoms with Crippen molar-refractivity contribution in [2.75, 3.05) is 0 Å². The third-order valence-electron chi connectivity index (χ3n) is 3.65. The molecule has 0 aromatic heterocycles. The summed E-state index contributed by atoms with van der Waals surface area (Å²) in [4.78, 5) is 11.3. The Bertz CT molecular complexity index is 265. The van der Waals surface area contributed by atoms with Crippen LogP contribution < -0.4 is 0 Å². The second-order valence-electron chi connectivity index (χ2n) is 4.55. The van der Waals surface area contributed by atoms with E-state index in [0.717, 1.165) is 0 Å². The molecule has 0 radical (unpaired) electrons. The third-order valence-corrected chi connectivity index (χ3v) is 3.65. The monoisotopic (exact) mass is 166 g/mol. The molecule has 3 saturated carbocycles. The second-order valence-corrected chi connectivity index (χ2v) is 4.55. The maximum absolute atomic E-state index is 11.3. The number of carbonyl (C=O) groups excluding carboxylic acids is 1. The zero-order valence-electron chi connectivity index (χ0n) is 7.50. The fourth-order valence-corrected chi connectivity index (χ4v) is 2.77. The Kier molecular flexibility index (Phi) is 1.33. The first-order valence-electron chi connectivity index (χ1n) is 4.36. The van der Waals surface area contributed by atoms with Gasteiger partial charge in [-0.2, -0.15) is 0 Å². The minimum absolute atomic E-state index is 0.0174. The van der Waals surface area contributed by atoms with Crippen LogP contribution in [0.15, 0.2) is 12.2 Å². The lowest BCUT2D eigenvalue weighted by Crippen LogP contribution is -2.62. The summed E-state index contributed by atoms with van der Waals surface area (Å²) in [6, 6.07) is 0. The van der Waals surface area contributed by atoms with Crippen LogP contribution in [0.25, 0.3) is 0 Å². The molecule has 0 heterocycles. The summed E-state index contributed by atoms with van der Waals surface area (Å²) >= 11 is 0. The van der Waals surface area contributed by atoms with E-state index in [0.29, 0.717) is 12.0 Å². The molecule has 66 valence electrons. The zero-order chi connectivity index (χ0) is 9.09. The highest BCUT2D eigenvalue weighted by molar-refractivity contribution is 5.98. The highest BCUT2D eigenvalue weighted by Gasteiger charge is 2.61. The highest BCUT2D eigenvalue weighted by atomic mass is 16.3. The van der Waals surface area contributed by atoms with Gasteiger partial charge in [0.15, 0.2) is 5.78 Å². The van der Waals surface area contributed by atoms with E-state index >= 15 is 0 Å². The van der Waals surface area contributed by atoms with Crippen LogP contribution in [0.5, 0.6) is 0 Å². The van der Waals surface area contributed by atoms with Crippen LogP contribution in [0, 0.1) is 17.3 Å². The van der Waals surface area contributed by atoms with Gasteiger partial charge in [0.05, 0.1) is 6.10 Å². The summed E-state index contributed by atoms with van der Waals surface area (Å²) in [7, 11) is 0. The normalized spacial score (nSPS) is 44.1. The highest BCUT2D eigenvalue weighted by Crippen LogP contribution is 2.59. The Morgan fingerprint density at radius 2 is 2.17 bits per heavy atom. The minimum Gasteiger partial charge on any atom is -0.392 e. The molecule has 3 fully saturated rings. The van der Waals surface area contributed by atoms with Gasteiger partial charge in [0.1, 0.15) is 0 Å². The number of carbonyl (C=O) groups is 1. The Morgan fingerprint density at radius 3 is 2.50 bits per heavy atom. The molecule has 3 rings (SSSR count). The average Bonchev–Trinajstić information content (AvgIpc) is 1.96. The molecular formula is C10H14O2. The van der Waals surface area contributed by atoms with Crippen LogP contribution >= 0.6 is 0 Å². The van der Waals surface area contributed by atoms with E-state index in [2.05, 4.69) is 20.4 Å². The standard InChI is InChI=1S/C10H14O2/c1-5-7(11)4-6-9(12)8(5)10(6,2)3/h6,8-9,12H,1,4H2,2-3H3. The molecule has 0 saturated heterocycles. The molecule has 3 atom stereocenters. The first-order valence-corrected chi connectivity index (χ1v) is 4.36. The lowest BCUT2D eigenvalue weighted by atomic mass is 9.45. The van der Waals surface area contributed by atoms with Crippen LogP contribution in [0.1, 0.15) is 20.3 Å². The topological polar surface area (TPSA) is 37.3 Å². The van der Waals surface area contributed by atoms with E-state index in [1.165, 1.54) is 0 Å². The lowest BCUT2D eigenvalue weighted by Gasteiger charge is -2.60. The fraction of sp³-hybridized carbons (Fsp3) is 0.700. The maximum Gasteiger partial charge on any atom is 0.159 e. The second kappa shape index (κ2) is 1.99. The van der Waals surface area contributed by atoms with Gasteiger partial charge in [0.2, 0.25) is 0 Å². The number of aliphatic hydroxyl groups is 1. The van der Waals surface area contributed by atoms with E-state index < -0.39 is 0 Å². The van der Waals surface area contributed by atoms with Crippen LogP contribution in [0.3, 0.4) is 0 Å². The minimum atomic E-state index is -0.315. The van der Waals surface area contributed by atoms with Crippen LogP contribution in [0.4, 0.5) is 0 Å². The van der Waals surface area contributed by atoms with Gasteiger partial charge >= 0.3 is 0 Å². The van der Waals surface area contributed by atoms with Gasteiger partial charge in [-0.15, -0.1) is 0 Å². The summed E-state index contributed by atoms with van der Waals surface area (Å²) in [5, 5.41) is 9.64. The van der Waals surface area contributed by atoms with Crippen molar-refractivity contribution >= 4 is 5.78 Å². The van der Waals surface area contributed by atoms with E-state index in [1.54, 1.807) is 0 Å². The van der Waals surface area contributed by atoms with Crippen molar-refractivity contribution in [2.45, 2.75) is 26.4 Å². The molecular weight excluding hydrogens is 152 g/mol. The largest absolute Gasteiger partial charge is 0.392 e. The maximum atomic E-state index is 11.3. The number of rotatable bonds is 0. The number of hydrogen-bond donors (Lipinski definition) is 1. The van der Waals surface area contributed by atoms with E-state index in [-0.39, 0.29) is 29.1 Å².